The van der Waals surface area contributed by atoms with Crippen LogP contribution in [0.25, 0.3) is 5.57 Å². The molecule has 3 N–H and O–H groups in total. The number of allylic oxidation sites excluding steroid dienone is 1. The summed E-state index contributed by atoms with van der Waals surface area (Å²) in [7, 11) is 0. The van der Waals surface area contributed by atoms with Gasteiger partial charge in [0.2, 0.25) is 0 Å². The van der Waals surface area contributed by atoms with Crippen LogP contribution in [0.2, 0.25) is 0 Å². The molecule has 6 nitrogen and oxygen atoms in total. The highest BCUT2D eigenvalue weighted by molar-refractivity contribution is 6.25. The summed E-state index contributed by atoms with van der Waals surface area (Å²) in [5, 5.41) is 2.70. The number of pyridine rings is 1. The van der Waals surface area contributed by atoms with Gasteiger partial charge in [0.25, 0.3) is 5.91 Å². The predicted molar refractivity (Wildman–Crippen MR) is 92.0 cm³/mol. The monoisotopic (exact) mass is 325 g/mol. The van der Waals surface area contributed by atoms with Crippen molar-refractivity contribution in [2.75, 3.05) is 11.9 Å². The highest BCUT2D eigenvalue weighted by atomic mass is 16.5. The van der Waals surface area contributed by atoms with E-state index in [1.165, 1.54) is 0 Å². The SMILES string of the molecule is CCOC(=O)c1ccc(/C(C(=O)Nc2ccccn2)=C(\C)N)cc1. The molecule has 6 heteroatoms. The van der Waals surface area contributed by atoms with Crippen LogP contribution in [0.4, 0.5) is 5.82 Å². The Morgan fingerprint density at radius 2 is 1.79 bits per heavy atom. The van der Waals surface area contributed by atoms with E-state index in [0.29, 0.717) is 34.8 Å². The smallest absolute Gasteiger partial charge is 0.338 e. The lowest BCUT2D eigenvalue weighted by Gasteiger charge is -2.11. The topological polar surface area (TPSA) is 94.3 Å². The molecule has 2 rings (SSSR count). The van der Waals surface area contributed by atoms with E-state index in [-0.39, 0.29) is 5.91 Å². The van der Waals surface area contributed by atoms with Gasteiger partial charge in [-0.1, -0.05) is 18.2 Å². The lowest BCUT2D eigenvalue weighted by molar-refractivity contribution is -0.111. The van der Waals surface area contributed by atoms with Gasteiger partial charge in [-0.3, -0.25) is 4.79 Å². The Balaban J connectivity index is 2.24. The second-order valence-electron chi connectivity index (χ2n) is 5.02. The second-order valence-corrected chi connectivity index (χ2v) is 5.02. The fourth-order valence-corrected chi connectivity index (χ4v) is 2.14. The number of ether oxygens (including phenoxy) is 1. The summed E-state index contributed by atoms with van der Waals surface area (Å²) in [6.45, 7) is 3.69. The van der Waals surface area contributed by atoms with Gasteiger partial charge in [0.05, 0.1) is 17.7 Å². The molecule has 1 amide bonds. The van der Waals surface area contributed by atoms with E-state index in [9.17, 15) is 9.59 Å². The van der Waals surface area contributed by atoms with E-state index in [1.54, 1.807) is 62.5 Å². The first kappa shape index (κ1) is 17.2. The zero-order valence-corrected chi connectivity index (χ0v) is 13.6. The van der Waals surface area contributed by atoms with E-state index in [2.05, 4.69) is 10.3 Å². The molecule has 0 aliphatic heterocycles. The average Bonchev–Trinajstić information content (AvgIpc) is 2.56. The minimum atomic E-state index is -0.406. The highest BCUT2D eigenvalue weighted by Crippen LogP contribution is 2.20. The normalized spacial score (nSPS) is 11.4. The van der Waals surface area contributed by atoms with E-state index in [4.69, 9.17) is 10.5 Å². The van der Waals surface area contributed by atoms with Gasteiger partial charge < -0.3 is 15.8 Å². The summed E-state index contributed by atoms with van der Waals surface area (Å²) in [5.74, 6) is -0.334. The van der Waals surface area contributed by atoms with Crippen LogP contribution in [0.3, 0.4) is 0 Å². The van der Waals surface area contributed by atoms with Gasteiger partial charge >= 0.3 is 5.97 Å². The Bertz CT molecular complexity index is 749. The van der Waals surface area contributed by atoms with Crippen LogP contribution in [-0.4, -0.2) is 23.5 Å². The average molecular weight is 325 g/mol. The second kappa shape index (κ2) is 7.92. The molecule has 0 aliphatic carbocycles. The first-order valence-electron chi connectivity index (χ1n) is 7.49. The maximum Gasteiger partial charge on any atom is 0.338 e. The number of carbonyl (C=O) groups excluding carboxylic acids is 2. The molecule has 0 bridgehead atoms. The van der Waals surface area contributed by atoms with Crippen LogP contribution in [0.15, 0.2) is 54.4 Å². The molecule has 0 aliphatic rings. The molecular formula is C18H19N3O3. The molecule has 2 aromatic rings. The third-order valence-corrected chi connectivity index (χ3v) is 3.21. The molecule has 0 radical (unpaired) electrons. The van der Waals surface area contributed by atoms with Gasteiger partial charge in [0.1, 0.15) is 5.82 Å². The number of rotatable bonds is 5. The molecule has 0 saturated heterocycles. The number of nitrogens with two attached hydrogens (primary N) is 1. The number of amides is 1. The summed E-state index contributed by atoms with van der Waals surface area (Å²) >= 11 is 0. The number of nitrogens with zero attached hydrogens (tertiary/aromatic N) is 1. The van der Waals surface area contributed by atoms with Crippen LogP contribution >= 0.6 is 0 Å². The van der Waals surface area contributed by atoms with Crippen molar-refractivity contribution in [1.29, 1.82) is 0 Å². The minimum Gasteiger partial charge on any atom is -0.462 e. The van der Waals surface area contributed by atoms with Crippen LogP contribution in [-0.2, 0) is 9.53 Å². The molecular weight excluding hydrogens is 306 g/mol. The standard InChI is InChI=1S/C18H19N3O3/c1-3-24-18(23)14-9-7-13(8-10-14)16(12(2)19)17(22)21-15-6-4-5-11-20-15/h4-11H,3,19H2,1-2H3,(H,20,21,22)/b16-12-. The first-order chi connectivity index (χ1) is 11.5. The van der Waals surface area contributed by atoms with Crippen molar-refractivity contribution < 1.29 is 14.3 Å². The van der Waals surface area contributed by atoms with Gasteiger partial charge in [-0.2, -0.15) is 0 Å². The number of benzene rings is 1. The van der Waals surface area contributed by atoms with Gasteiger partial charge in [-0.15, -0.1) is 0 Å². The molecule has 1 aromatic carbocycles. The lowest BCUT2D eigenvalue weighted by Crippen LogP contribution is -2.17. The van der Waals surface area contributed by atoms with Gasteiger partial charge in [0, 0.05) is 11.9 Å². The molecule has 24 heavy (non-hydrogen) atoms. The predicted octanol–water partition coefficient (Wildman–Crippen LogP) is 2.59. The van der Waals surface area contributed by atoms with Crippen LogP contribution < -0.4 is 11.1 Å². The van der Waals surface area contributed by atoms with Crippen molar-refractivity contribution in [2.45, 2.75) is 13.8 Å². The Hall–Kier alpha value is -3.15. The highest BCUT2D eigenvalue weighted by Gasteiger charge is 2.16. The van der Waals surface area contributed by atoms with Gasteiger partial charge in [0.15, 0.2) is 0 Å². The molecule has 1 heterocycles. The third-order valence-electron chi connectivity index (χ3n) is 3.21. The number of hydrogen-bond acceptors (Lipinski definition) is 5. The zero-order valence-electron chi connectivity index (χ0n) is 13.6. The quantitative estimate of drug-likeness (QED) is 0.651. The zero-order chi connectivity index (χ0) is 17.5. The van der Waals surface area contributed by atoms with Crippen LogP contribution in [0.5, 0.6) is 0 Å². The molecule has 0 spiro atoms. The van der Waals surface area contributed by atoms with E-state index in [0.717, 1.165) is 0 Å². The van der Waals surface area contributed by atoms with Crippen molar-refractivity contribution in [3.05, 3.63) is 65.5 Å². The Morgan fingerprint density at radius 3 is 2.33 bits per heavy atom. The number of nitrogens with one attached hydrogen (secondary N) is 1. The lowest BCUT2D eigenvalue weighted by atomic mass is 10.0. The van der Waals surface area contributed by atoms with Crippen molar-refractivity contribution in [3.8, 4) is 0 Å². The summed E-state index contributed by atoms with van der Waals surface area (Å²) in [6, 6.07) is 11.7. The van der Waals surface area contributed by atoms with Crippen molar-refractivity contribution in [2.24, 2.45) is 5.73 Å². The Labute approximate surface area is 140 Å². The van der Waals surface area contributed by atoms with Crippen LogP contribution in [0.1, 0.15) is 29.8 Å². The Morgan fingerprint density at radius 1 is 1.12 bits per heavy atom. The van der Waals surface area contributed by atoms with Crippen molar-refractivity contribution >= 4 is 23.3 Å². The fourth-order valence-electron chi connectivity index (χ4n) is 2.14. The third kappa shape index (κ3) is 4.19. The maximum absolute atomic E-state index is 12.5. The summed E-state index contributed by atoms with van der Waals surface area (Å²) in [5.41, 5.74) is 7.60. The van der Waals surface area contributed by atoms with Crippen molar-refractivity contribution in [3.63, 3.8) is 0 Å². The maximum atomic E-state index is 12.5. The number of esters is 1. The van der Waals surface area contributed by atoms with Crippen LogP contribution in [0, 0.1) is 0 Å². The Kier molecular flexibility index (Phi) is 5.68. The summed E-state index contributed by atoms with van der Waals surface area (Å²) < 4.78 is 4.94. The molecule has 0 fully saturated rings. The number of anilines is 1. The number of carbonyl (C=O) groups is 2. The van der Waals surface area contributed by atoms with Crippen molar-refractivity contribution in [1.82, 2.24) is 4.98 Å². The molecule has 1 aromatic heterocycles. The van der Waals surface area contributed by atoms with Gasteiger partial charge in [-0.05, 0) is 43.7 Å². The molecule has 0 atom stereocenters. The number of hydrogen-bond donors (Lipinski definition) is 2. The first-order valence-corrected chi connectivity index (χ1v) is 7.49. The van der Waals surface area contributed by atoms with Gasteiger partial charge in [-0.25, -0.2) is 9.78 Å². The molecule has 0 unspecified atom stereocenters. The largest absolute Gasteiger partial charge is 0.462 e. The minimum absolute atomic E-state index is 0.306. The van der Waals surface area contributed by atoms with E-state index < -0.39 is 5.97 Å². The fraction of sp³-hybridized carbons (Fsp3) is 0.167. The molecule has 124 valence electrons. The van der Waals surface area contributed by atoms with E-state index >= 15 is 0 Å². The summed E-state index contributed by atoms with van der Waals surface area (Å²) in [4.78, 5) is 28.2. The number of aromatic nitrogens is 1. The summed E-state index contributed by atoms with van der Waals surface area (Å²) in [6.07, 6.45) is 1.59. The van der Waals surface area contributed by atoms with E-state index in [1.807, 2.05) is 0 Å². The molecule has 0 saturated carbocycles.